The molecule has 3 aromatic rings. The smallest absolute Gasteiger partial charge is 0.279 e. The van der Waals surface area contributed by atoms with E-state index in [0.29, 0.717) is 17.9 Å². The maximum absolute atomic E-state index is 13.7. The average Bonchev–Trinajstić information content (AvgIpc) is 2.65. The summed E-state index contributed by atoms with van der Waals surface area (Å²) >= 11 is 0. The number of carbonyl (C=O) groups is 2. The summed E-state index contributed by atoms with van der Waals surface area (Å²) in [5, 5.41) is 11.5. The Kier molecular flexibility index (Phi) is 5.39. The van der Waals surface area contributed by atoms with Gasteiger partial charge in [-0.15, -0.1) is 0 Å². The third kappa shape index (κ3) is 4.17. The topological polar surface area (TPSA) is 87.7 Å². The molecule has 0 aromatic heterocycles. The lowest BCUT2D eigenvalue weighted by Gasteiger charge is -2.16. The second-order valence-corrected chi connectivity index (χ2v) is 5.99. The van der Waals surface area contributed by atoms with Crippen molar-refractivity contribution in [3.63, 3.8) is 0 Å². The van der Waals surface area contributed by atoms with E-state index < -0.39 is 40.9 Å². The van der Waals surface area contributed by atoms with Crippen molar-refractivity contribution < 1.29 is 28.2 Å². The molecule has 0 saturated heterocycles. The lowest BCUT2D eigenvalue weighted by atomic mass is 10.1. The lowest BCUT2D eigenvalue weighted by molar-refractivity contribution is -0.128. The zero-order chi connectivity index (χ0) is 20.3. The Morgan fingerprint density at radius 2 is 1.71 bits per heavy atom. The fourth-order valence-electron chi connectivity index (χ4n) is 2.57. The molecule has 3 aromatic carbocycles. The lowest BCUT2D eigenvalue weighted by Crippen LogP contribution is -2.47. The van der Waals surface area contributed by atoms with Gasteiger partial charge in [-0.05, 0) is 29.8 Å². The summed E-state index contributed by atoms with van der Waals surface area (Å²) < 4.78 is 32.2. The molecule has 0 aliphatic rings. The molecular weight excluding hydrogens is 370 g/mol. The first-order valence-electron chi connectivity index (χ1n) is 8.29. The molecule has 0 heterocycles. The van der Waals surface area contributed by atoms with Crippen LogP contribution in [0.1, 0.15) is 17.3 Å². The molecule has 1 unspecified atom stereocenters. The maximum Gasteiger partial charge on any atom is 0.279 e. The minimum atomic E-state index is -1.26. The molecule has 0 saturated carbocycles. The van der Waals surface area contributed by atoms with Crippen LogP contribution < -0.4 is 15.6 Å². The predicted octanol–water partition coefficient (Wildman–Crippen LogP) is 3.05. The molecule has 1 atom stereocenters. The van der Waals surface area contributed by atoms with Crippen molar-refractivity contribution in [2.24, 2.45) is 0 Å². The van der Waals surface area contributed by atoms with Crippen molar-refractivity contribution in [2.45, 2.75) is 13.0 Å². The number of ether oxygens (including phenoxy) is 1. The molecule has 0 aliphatic carbocycles. The van der Waals surface area contributed by atoms with E-state index in [0.717, 1.165) is 10.8 Å². The summed E-state index contributed by atoms with van der Waals surface area (Å²) in [5.41, 5.74) is 3.24. The van der Waals surface area contributed by atoms with Crippen LogP contribution in [0.3, 0.4) is 0 Å². The fourth-order valence-corrected chi connectivity index (χ4v) is 2.57. The van der Waals surface area contributed by atoms with Gasteiger partial charge in [0.25, 0.3) is 11.8 Å². The van der Waals surface area contributed by atoms with Crippen LogP contribution in [0.2, 0.25) is 0 Å². The van der Waals surface area contributed by atoms with Gasteiger partial charge in [-0.1, -0.05) is 30.3 Å². The number of phenolic OH excluding ortho intramolecular Hbond substituents is 1. The predicted molar refractivity (Wildman–Crippen MR) is 97.7 cm³/mol. The second kappa shape index (κ2) is 7.91. The normalized spacial score (nSPS) is 11.7. The van der Waals surface area contributed by atoms with Crippen molar-refractivity contribution >= 4 is 22.6 Å². The number of amides is 2. The molecular formula is C20H16F2N2O4. The molecule has 0 aliphatic heterocycles. The van der Waals surface area contributed by atoms with Crippen LogP contribution in [0.15, 0.2) is 54.6 Å². The minimum Gasteiger partial charge on any atom is -0.507 e. The highest BCUT2D eigenvalue weighted by Crippen LogP contribution is 2.22. The molecule has 8 heteroatoms. The van der Waals surface area contributed by atoms with E-state index in [-0.39, 0.29) is 0 Å². The van der Waals surface area contributed by atoms with E-state index in [2.05, 4.69) is 5.43 Å². The number of phenols is 1. The largest absolute Gasteiger partial charge is 0.507 e. The zero-order valence-electron chi connectivity index (χ0n) is 14.7. The SMILES string of the molecule is CC(Oc1ccc2ccccc2c1)C(=O)NNC(=O)c1c(O)cc(F)cc1F. The van der Waals surface area contributed by atoms with Crippen molar-refractivity contribution in [3.05, 3.63) is 71.8 Å². The van der Waals surface area contributed by atoms with Gasteiger partial charge in [0.2, 0.25) is 0 Å². The summed E-state index contributed by atoms with van der Waals surface area (Å²) in [6, 6.07) is 14.0. The zero-order valence-corrected chi connectivity index (χ0v) is 14.7. The van der Waals surface area contributed by atoms with Gasteiger partial charge in [-0.2, -0.15) is 0 Å². The Balaban J connectivity index is 1.61. The summed E-state index contributed by atoms with van der Waals surface area (Å²) in [4.78, 5) is 24.0. The number of hydrogen-bond acceptors (Lipinski definition) is 4. The van der Waals surface area contributed by atoms with Gasteiger partial charge in [0, 0.05) is 12.1 Å². The molecule has 28 heavy (non-hydrogen) atoms. The van der Waals surface area contributed by atoms with Gasteiger partial charge in [0.1, 0.15) is 28.7 Å². The van der Waals surface area contributed by atoms with Gasteiger partial charge in [0.15, 0.2) is 6.10 Å². The number of hydrogen-bond donors (Lipinski definition) is 3. The molecule has 2 amide bonds. The first-order chi connectivity index (χ1) is 13.3. The summed E-state index contributed by atoms with van der Waals surface area (Å²) in [6.45, 7) is 1.46. The second-order valence-electron chi connectivity index (χ2n) is 5.99. The highest BCUT2D eigenvalue weighted by molar-refractivity contribution is 5.98. The Hall–Kier alpha value is -3.68. The summed E-state index contributed by atoms with van der Waals surface area (Å²) in [5.74, 6) is -4.57. The number of benzene rings is 3. The van der Waals surface area contributed by atoms with Crippen LogP contribution in [0, 0.1) is 11.6 Å². The third-order valence-corrected chi connectivity index (χ3v) is 3.96. The molecule has 0 spiro atoms. The number of rotatable bonds is 4. The standard InChI is InChI=1S/C20H16F2N2O4/c1-11(28-15-7-6-12-4-2-3-5-13(12)8-15)19(26)23-24-20(27)18-16(22)9-14(21)10-17(18)25/h2-11,25H,1H3,(H,23,26)(H,24,27). The number of aromatic hydroxyl groups is 1. The third-order valence-electron chi connectivity index (χ3n) is 3.96. The van der Waals surface area contributed by atoms with Gasteiger partial charge in [-0.3, -0.25) is 20.4 Å². The van der Waals surface area contributed by atoms with E-state index in [9.17, 15) is 23.5 Å². The molecule has 144 valence electrons. The van der Waals surface area contributed by atoms with Gasteiger partial charge in [0.05, 0.1) is 0 Å². The Bertz CT molecular complexity index is 1030. The van der Waals surface area contributed by atoms with Crippen molar-refractivity contribution in [1.29, 1.82) is 0 Å². The molecule has 6 nitrogen and oxygen atoms in total. The fraction of sp³-hybridized carbons (Fsp3) is 0.100. The van der Waals surface area contributed by atoms with Crippen LogP contribution in [-0.2, 0) is 4.79 Å². The van der Waals surface area contributed by atoms with Crippen LogP contribution >= 0.6 is 0 Å². The van der Waals surface area contributed by atoms with Gasteiger partial charge >= 0.3 is 0 Å². The number of fused-ring (bicyclic) bond motifs is 1. The number of halogens is 2. The quantitative estimate of drug-likeness (QED) is 0.602. The van der Waals surface area contributed by atoms with E-state index in [1.165, 1.54) is 6.92 Å². The summed E-state index contributed by atoms with van der Waals surface area (Å²) in [6.07, 6.45) is -0.979. The van der Waals surface area contributed by atoms with Crippen LogP contribution in [-0.4, -0.2) is 23.0 Å². The molecule has 0 bridgehead atoms. The highest BCUT2D eigenvalue weighted by atomic mass is 19.1. The average molecular weight is 386 g/mol. The van der Waals surface area contributed by atoms with Gasteiger partial charge in [-0.25, -0.2) is 8.78 Å². The summed E-state index contributed by atoms with van der Waals surface area (Å²) in [7, 11) is 0. The first kappa shape index (κ1) is 19.1. The van der Waals surface area contributed by atoms with E-state index in [4.69, 9.17) is 4.74 Å². The molecule has 3 N–H and O–H groups in total. The van der Waals surface area contributed by atoms with Crippen LogP contribution in [0.25, 0.3) is 10.8 Å². The van der Waals surface area contributed by atoms with Crippen LogP contribution in [0.5, 0.6) is 11.5 Å². The Morgan fingerprint density at radius 1 is 1.00 bits per heavy atom. The van der Waals surface area contributed by atoms with E-state index in [1.54, 1.807) is 12.1 Å². The van der Waals surface area contributed by atoms with E-state index in [1.807, 2.05) is 35.8 Å². The van der Waals surface area contributed by atoms with Crippen molar-refractivity contribution in [1.82, 2.24) is 10.9 Å². The Labute approximate surface area is 158 Å². The molecule has 3 rings (SSSR count). The molecule has 0 fully saturated rings. The minimum absolute atomic E-state index is 0.446. The van der Waals surface area contributed by atoms with Crippen molar-refractivity contribution in [3.8, 4) is 11.5 Å². The molecule has 0 radical (unpaired) electrons. The Morgan fingerprint density at radius 3 is 2.43 bits per heavy atom. The van der Waals surface area contributed by atoms with Gasteiger partial charge < -0.3 is 9.84 Å². The monoisotopic (exact) mass is 386 g/mol. The van der Waals surface area contributed by atoms with Crippen molar-refractivity contribution in [2.75, 3.05) is 0 Å². The maximum atomic E-state index is 13.7. The van der Waals surface area contributed by atoms with Crippen LogP contribution in [0.4, 0.5) is 8.78 Å². The number of nitrogens with one attached hydrogen (secondary N) is 2. The first-order valence-corrected chi connectivity index (χ1v) is 8.29. The highest BCUT2D eigenvalue weighted by Gasteiger charge is 2.21. The van der Waals surface area contributed by atoms with E-state index >= 15 is 0 Å². The number of hydrazine groups is 1. The number of carbonyl (C=O) groups excluding carboxylic acids is 2.